The molecule has 2 unspecified atom stereocenters. The van der Waals surface area contributed by atoms with Crippen LogP contribution in [0, 0.1) is 5.92 Å². The molecule has 1 aliphatic heterocycles. The molecule has 1 aliphatic carbocycles. The number of likely N-dealkylation sites (tertiary alicyclic amines) is 1. The maximum absolute atomic E-state index is 13.0. The molecule has 150 valence electrons. The maximum Gasteiger partial charge on any atom is 0.262 e. The van der Waals surface area contributed by atoms with Gasteiger partial charge in [0.25, 0.3) is 5.56 Å². The van der Waals surface area contributed by atoms with Crippen molar-refractivity contribution in [2.45, 2.75) is 69.6 Å². The van der Waals surface area contributed by atoms with Gasteiger partial charge in [-0.2, -0.15) is 0 Å². The fraction of sp³-hybridized carbons (Fsp3) is 0.591. The van der Waals surface area contributed by atoms with Crippen molar-refractivity contribution >= 4 is 28.6 Å². The standard InChI is InChI=1S/C22H29N3O2S/c1-15(2)25-21(27)17-10-4-5-11-18(17)23-22(25)28-14-20(26)24-13-7-9-16-8-3-6-12-19(16)24/h4-5,10-11,15-16,19H,3,6-9,12-14H2,1-2H3. The third-order valence-electron chi connectivity index (χ3n) is 6.18. The van der Waals surface area contributed by atoms with Gasteiger partial charge in [0.15, 0.2) is 5.16 Å². The summed E-state index contributed by atoms with van der Waals surface area (Å²) in [6, 6.07) is 7.87. The highest BCUT2D eigenvalue weighted by Crippen LogP contribution is 2.35. The van der Waals surface area contributed by atoms with Gasteiger partial charge in [-0.3, -0.25) is 14.2 Å². The summed E-state index contributed by atoms with van der Waals surface area (Å²) < 4.78 is 1.72. The first-order chi connectivity index (χ1) is 13.6. The van der Waals surface area contributed by atoms with Gasteiger partial charge in [0.1, 0.15) is 0 Å². The Labute approximate surface area is 170 Å². The number of piperidine rings is 1. The predicted octanol–water partition coefficient (Wildman–Crippen LogP) is 4.25. The van der Waals surface area contributed by atoms with Gasteiger partial charge in [0.05, 0.1) is 16.7 Å². The average Bonchev–Trinajstić information content (AvgIpc) is 2.71. The summed E-state index contributed by atoms with van der Waals surface area (Å²) in [6.07, 6.45) is 7.33. The van der Waals surface area contributed by atoms with Gasteiger partial charge in [-0.25, -0.2) is 4.98 Å². The lowest BCUT2D eigenvalue weighted by Gasteiger charge is -2.44. The van der Waals surface area contributed by atoms with Crippen LogP contribution in [0.4, 0.5) is 0 Å². The van der Waals surface area contributed by atoms with E-state index in [9.17, 15) is 9.59 Å². The summed E-state index contributed by atoms with van der Waals surface area (Å²) in [5, 5.41) is 1.28. The van der Waals surface area contributed by atoms with Crippen molar-refractivity contribution in [1.82, 2.24) is 14.5 Å². The molecule has 2 aromatic rings. The Bertz CT molecular complexity index is 922. The Morgan fingerprint density at radius 2 is 1.93 bits per heavy atom. The zero-order valence-electron chi connectivity index (χ0n) is 16.8. The molecule has 0 spiro atoms. The third-order valence-corrected chi connectivity index (χ3v) is 7.12. The number of hydrogen-bond acceptors (Lipinski definition) is 4. The van der Waals surface area contributed by atoms with E-state index < -0.39 is 0 Å². The van der Waals surface area contributed by atoms with Gasteiger partial charge < -0.3 is 4.90 Å². The van der Waals surface area contributed by atoms with Crippen molar-refractivity contribution < 1.29 is 4.79 Å². The summed E-state index contributed by atoms with van der Waals surface area (Å²) in [4.78, 5) is 32.8. The van der Waals surface area contributed by atoms with E-state index in [4.69, 9.17) is 4.98 Å². The minimum atomic E-state index is -0.0270. The second kappa shape index (κ2) is 8.27. The number of hydrogen-bond donors (Lipinski definition) is 0. The summed E-state index contributed by atoms with van der Waals surface area (Å²) in [6.45, 7) is 4.85. The fourth-order valence-electron chi connectivity index (χ4n) is 4.83. The van der Waals surface area contributed by atoms with E-state index in [0.717, 1.165) is 19.4 Å². The van der Waals surface area contributed by atoms with E-state index in [1.807, 2.05) is 38.1 Å². The largest absolute Gasteiger partial charge is 0.339 e. The molecule has 2 fully saturated rings. The van der Waals surface area contributed by atoms with Crippen molar-refractivity contribution in [2.75, 3.05) is 12.3 Å². The van der Waals surface area contributed by atoms with Gasteiger partial charge in [-0.05, 0) is 57.6 Å². The number of nitrogens with zero attached hydrogens (tertiary/aromatic N) is 3. The van der Waals surface area contributed by atoms with Gasteiger partial charge in [0, 0.05) is 18.6 Å². The van der Waals surface area contributed by atoms with Crippen LogP contribution < -0.4 is 5.56 Å². The van der Waals surface area contributed by atoms with Gasteiger partial charge in [-0.15, -0.1) is 0 Å². The minimum Gasteiger partial charge on any atom is -0.339 e. The van der Waals surface area contributed by atoms with Crippen molar-refractivity contribution in [1.29, 1.82) is 0 Å². The highest BCUT2D eigenvalue weighted by atomic mass is 32.2. The number of para-hydroxylation sites is 1. The first kappa shape index (κ1) is 19.5. The van der Waals surface area contributed by atoms with Gasteiger partial charge in [0.2, 0.25) is 5.91 Å². The van der Waals surface area contributed by atoms with Crippen molar-refractivity contribution in [3.63, 3.8) is 0 Å². The Morgan fingerprint density at radius 1 is 1.18 bits per heavy atom. The molecule has 0 radical (unpaired) electrons. The van der Waals surface area contributed by atoms with Crippen LogP contribution in [0.25, 0.3) is 10.9 Å². The summed E-state index contributed by atoms with van der Waals surface area (Å²) in [7, 11) is 0. The zero-order valence-corrected chi connectivity index (χ0v) is 17.6. The van der Waals surface area contributed by atoms with E-state index in [1.165, 1.54) is 37.4 Å². The van der Waals surface area contributed by atoms with Crippen LogP contribution in [-0.4, -0.2) is 38.7 Å². The van der Waals surface area contributed by atoms with Crippen LogP contribution in [0.3, 0.4) is 0 Å². The number of aromatic nitrogens is 2. The molecule has 1 saturated carbocycles. The Balaban J connectivity index is 1.56. The third kappa shape index (κ3) is 3.71. The number of fused-ring (bicyclic) bond motifs is 2. The lowest BCUT2D eigenvalue weighted by molar-refractivity contribution is -0.134. The molecule has 0 N–H and O–H groups in total. The molecule has 28 heavy (non-hydrogen) atoms. The maximum atomic E-state index is 13.0. The molecule has 1 aromatic heterocycles. The molecular weight excluding hydrogens is 370 g/mol. The molecule has 1 aromatic carbocycles. The Kier molecular flexibility index (Phi) is 5.76. The lowest BCUT2D eigenvalue weighted by atomic mass is 9.78. The number of benzene rings is 1. The molecular formula is C22H29N3O2S. The van der Waals surface area contributed by atoms with Crippen LogP contribution in [0.15, 0.2) is 34.2 Å². The van der Waals surface area contributed by atoms with Crippen LogP contribution in [0.5, 0.6) is 0 Å². The van der Waals surface area contributed by atoms with Crippen molar-refractivity contribution in [3.05, 3.63) is 34.6 Å². The summed E-state index contributed by atoms with van der Waals surface area (Å²) >= 11 is 1.41. The van der Waals surface area contributed by atoms with E-state index in [-0.39, 0.29) is 17.5 Å². The second-order valence-electron chi connectivity index (χ2n) is 8.31. The Hall–Kier alpha value is -1.82. The van der Waals surface area contributed by atoms with Crippen LogP contribution in [0.2, 0.25) is 0 Å². The number of carbonyl (C=O) groups excluding carboxylic acids is 1. The average molecular weight is 400 g/mol. The van der Waals surface area contributed by atoms with Crippen LogP contribution >= 0.6 is 11.8 Å². The van der Waals surface area contributed by atoms with Crippen LogP contribution in [-0.2, 0) is 4.79 Å². The topological polar surface area (TPSA) is 55.2 Å². The van der Waals surface area contributed by atoms with E-state index in [1.54, 1.807) is 4.57 Å². The molecule has 1 amide bonds. The first-order valence-corrected chi connectivity index (χ1v) is 11.5. The van der Waals surface area contributed by atoms with Gasteiger partial charge in [-0.1, -0.05) is 36.7 Å². The second-order valence-corrected chi connectivity index (χ2v) is 9.25. The number of amides is 1. The lowest BCUT2D eigenvalue weighted by Crippen LogP contribution is -2.50. The van der Waals surface area contributed by atoms with Crippen molar-refractivity contribution in [2.24, 2.45) is 5.92 Å². The van der Waals surface area contributed by atoms with E-state index in [0.29, 0.717) is 33.8 Å². The predicted molar refractivity (Wildman–Crippen MR) is 114 cm³/mol. The van der Waals surface area contributed by atoms with E-state index in [2.05, 4.69) is 4.90 Å². The molecule has 1 saturated heterocycles. The summed E-state index contributed by atoms with van der Waals surface area (Å²) in [5.41, 5.74) is 0.672. The highest BCUT2D eigenvalue weighted by molar-refractivity contribution is 7.99. The molecule has 0 bridgehead atoms. The fourth-order valence-corrected chi connectivity index (χ4v) is 5.84. The van der Waals surface area contributed by atoms with Crippen LogP contribution in [0.1, 0.15) is 58.4 Å². The van der Waals surface area contributed by atoms with Crippen molar-refractivity contribution in [3.8, 4) is 0 Å². The number of thioether (sulfide) groups is 1. The highest BCUT2D eigenvalue weighted by Gasteiger charge is 2.35. The normalized spacial score (nSPS) is 22.5. The monoisotopic (exact) mass is 399 g/mol. The number of rotatable bonds is 4. The first-order valence-electron chi connectivity index (χ1n) is 10.5. The molecule has 5 nitrogen and oxygen atoms in total. The smallest absolute Gasteiger partial charge is 0.262 e. The molecule has 2 heterocycles. The quantitative estimate of drug-likeness (QED) is 0.570. The van der Waals surface area contributed by atoms with E-state index >= 15 is 0 Å². The SMILES string of the molecule is CC(C)n1c(SCC(=O)N2CCCC3CCCCC32)nc2ccccc2c1=O. The molecule has 4 rings (SSSR count). The van der Waals surface area contributed by atoms with Gasteiger partial charge >= 0.3 is 0 Å². The Morgan fingerprint density at radius 3 is 2.75 bits per heavy atom. The summed E-state index contributed by atoms with van der Waals surface area (Å²) in [5.74, 6) is 1.23. The number of carbonyl (C=O) groups is 1. The molecule has 2 atom stereocenters. The zero-order chi connectivity index (χ0) is 19.7. The molecule has 2 aliphatic rings. The minimum absolute atomic E-state index is 0.0000743. The molecule has 6 heteroatoms.